The molecule has 0 saturated carbocycles. The molecule has 0 N–H and O–H groups in total. The number of hydrogen-bond acceptors (Lipinski definition) is 1. The smallest absolute Gasteiger partial charge is 0.145 e. The number of aromatic nitrogens is 3. The van der Waals surface area contributed by atoms with Crippen LogP contribution in [0.4, 0.5) is 0 Å². The zero-order valence-corrected chi connectivity index (χ0v) is 27.2. The predicted octanol–water partition coefficient (Wildman–Crippen LogP) is 12.3. The largest absolute Gasteiger partial charge is 0.309 e. The Morgan fingerprint density at radius 1 is 0.340 bits per heavy atom. The van der Waals surface area contributed by atoms with Gasteiger partial charge in [-0.2, -0.15) is 0 Å². The number of fused-ring (bicyclic) bond motifs is 5. The molecule has 0 aliphatic heterocycles. The highest BCUT2D eigenvalue weighted by atomic mass is 15.1. The summed E-state index contributed by atoms with van der Waals surface area (Å²) in [6, 6.07) is 67.3. The Hall–Kier alpha value is -6.71. The van der Waals surface area contributed by atoms with Crippen LogP contribution in [0.15, 0.2) is 188 Å². The number of hydrogen-bond donors (Lipinski definition) is 0. The van der Waals surface area contributed by atoms with Crippen LogP contribution in [0.1, 0.15) is 0 Å². The van der Waals surface area contributed by atoms with Gasteiger partial charge in [-0.05, 0) is 81.6 Å². The Morgan fingerprint density at radius 2 is 0.840 bits per heavy atom. The van der Waals surface area contributed by atoms with Crippen molar-refractivity contribution in [2.75, 3.05) is 0 Å². The van der Waals surface area contributed by atoms with E-state index >= 15 is 0 Å². The molecule has 50 heavy (non-hydrogen) atoms. The van der Waals surface area contributed by atoms with Crippen LogP contribution in [0.3, 0.4) is 0 Å². The van der Waals surface area contributed by atoms with Crippen molar-refractivity contribution >= 4 is 43.6 Å². The van der Waals surface area contributed by atoms with Crippen molar-refractivity contribution in [3.8, 4) is 45.0 Å². The van der Waals surface area contributed by atoms with Gasteiger partial charge in [0.15, 0.2) is 0 Å². The van der Waals surface area contributed by atoms with Crippen molar-refractivity contribution in [3.05, 3.63) is 188 Å². The van der Waals surface area contributed by atoms with E-state index in [-0.39, 0.29) is 0 Å². The van der Waals surface area contributed by atoms with Crippen LogP contribution in [0, 0.1) is 0 Å². The molecule has 0 aliphatic carbocycles. The Morgan fingerprint density at radius 3 is 1.48 bits per heavy atom. The first-order chi connectivity index (χ1) is 24.8. The maximum Gasteiger partial charge on any atom is 0.145 e. The molecule has 0 unspecified atom stereocenters. The molecule has 2 aromatic heterocycles. The van der Waals surface area contributed by atoms with Crippen molar-refractivity contribution < 1.29 is 0 Å². The zero-order chi connectivity index (χ0) is 33.0. The van der Waals surface area contributed by atoms with Gasteiger partial charge in [0.25, 0.3) is 0 Å². The Balaban J connectivity index is 1.07. The quantitative estimate of drug-likeness (QED) is 0.184. The van der Waals surface area contributed by atoms with Crippen LogP contribution in [-0.4, -0.2) is 14.1 Å². The number of rotatable bonds is 5. The predicted molar refractivity (Wildman–Crippen MR) is 209 cm³/mol. The lowest BCUT2D eigenvalue weighted by Crippen LogP contribution is -1.97. The highest BCUT2D eigenvalue weighted by Gasteiger charge is 2.16. The van der Waals surface area contributed by atoms with Gasteiger partial charge in [0.05, 0.1) is 22.1 Å². The third-order valence-corrected chi connectivity index (χ3v) is 9.95. The molecule has 10 aromatic rings. The molecule has 2 heterocycles. The SMILES string of the molecule is c1ccc(-n2c(-c3ccc(-c4cccc5cccc(-c6ccc(-n7c8ccccc8c8ccccc87)cc6)c45)cc3)nc3ccccc32)cc1. The lowest BCUT2D eigenvalue weighted by atomic mass is 9.91. The second-order valence-electron chi connectivity index (χ2n) is 12.8. The molecule has 0 atom stereocenters. The third-order valence-electron chi connectivity index (χ3n) is 9.95. The summed E-state index contributed by atoms with van der Waals surface area (Å²) in [6.45, 7) is 0. The number of nitrogens with zero attached hydrogens (tertiary/aromatic N) is 3. The second-order valence-corrected chi connectivity index (χ2v) is 12.8. The molecule has 3 heteroatoms. The van der Waals surface area contributed by atoms with Gasteiger partial charge >= 0.3 is 0 Å². The summed E-state index contributed by atoms with van der Waals surface area (Å²) in [5, 5.41) is 5.02. The molecule has 0 saturated heterocycles. The fraction of sp³-hybridized carbons (Fsp3) is 0. The van der Waals surface area contributed by atoms with Crippen LogP contribution in [-0.2, 0) is 0 Å². The minimum atomic E-state index is 0.936. The molecule has 10 rings (SSSR count). The van der Waals surface area contributed by atoms with Crippen LogP contribution < -0.4 is 0 Å². The highest BCUT2D eigenvalue weighted by molar-refractivity contribution is 6.09. The van der Waals surface area contributed by atoms with E-state index in [1.807, 2.05) is 6.07 Å². The third kappa shape index (κ3) is 4.48. The van der Waals surface area contributed by atoms with Crippen LogP contribution in [0.5, 0.6) is 0 Å². The van der Waals surface area contributed by atoms with E-state index in [1.165, 1.54) is 54.8 Å². The summed E-state index contributed by atoms with van der Waals surface area (Å²) in [5.74, 6) is 0.936. The second kappa shape index (κ2) is 11.5. The van der Waals surface area contributed by atoms with Gasteiger partial charge in [0.2, 0.25) is 0 Å². The first-order valence-corrected chi connectivity index (χ1v) is 17.1. The van der Waals surface area contributed by atoms with E-state index in [9.17, 15) is 0 Å². The van der Waals surface area contributed by atoms with E-state index in [0.717, 1.165) is 33.8 Å². The van der Waals surface area contributed by atoms with Gasteiger partial charge in [0, 0.05) is 27.7 Å². The van der Waals surface area contributed by atoms with E-state index in [4.69, 9.17) is 4.98 Å². The maximum atomic E-state index is 5.09. The van der Waals surface area contributed by atoms with Crippen molar-refractivity contribution in [2.45, 2.75) is 0 Å². The Kier molecular flexibility index (Phi) is 6.49. The average molecular weight is 638 g/mol. The Labute approximate surface area is 290 Å². The Bertz CT molecular complexity index is 2780. The van der Waals surface area contributed by atoms with Gasteiger partial charge in [-0.25, -0.2) is 4.98 Å². The van der Waals surface area contributed by atoms with Crippen LogP contribution >= 0.6 is 0 Å². The first kappa shape index (κ1) is 28.3. The topological polar surface area (TPSA) is 22.8 Å². The molecule has 0 radical (unpaired) electrons. The fourth-order valence-electron chi connectivity index (χ4n) is 7.67. The molecule has 234 valence electrons. The summed E-state index contributed by atoms with van der Waals surface area (Å²) in [7, 11) is 0. The highest BCUT2D eigenvalue weighted by Crippen LogP contribution is 2.39. The monoisotopic (exact) mass is 637 g/mol. The van der Waals surface area contributed by atoms with E-state index in [0.29, 0.717) is 0 Å². The normalized spacial score (nSPS) is 11.6. The molecular formula is C47H31N3. The van der Waals surface area contributed by atoms with Gasteiger partial charge in [-0.15, -0.1) is 0 Å². The molecule has 0 amide bonds. The van der Waals surface area contributed by atoms with Gasteiger partial charge in [-0.1, -0.05) is 140 Å². The molecule has 3 nitrogen and oxygen atoms in total. The standard InChI is InChI=1S/C47H31N3/c1-2-14-36(15-3-1)50-45-23-9-6-20-42(45)48-47(50)35-26-24-32(25-27-35)38-18-10-12-34-13-11-19-39(46(34)38)33-28-30-37(31-29-33)49-43-21-7-4-16-40(43)41-17-5-8-22-44(41)49/h1-31H. The van der Waals surface area contributed by atoms with Gasteiger partial charge in [-0.3, -0.25) is 4.57 Å². The van der Waals surface area contributed by atoms with E-state index in [2.05, 4.69) is 191 Å². The molecule has 0 bridgehead atoms. The number of benzene rings is 8. The summed E-state index contributed by atoms with van der Waals surface area (Å²) in [4.78, 5) is 5.09. The lowest BCUT2D eigenvalue weighted by Gasteiger charge is -2.14. The van der Waals surface area contributed by atoms with Crippen molar-refractivity contribution in [1.82, 2.24) is 14.1 Å². The molecule has 0 aliphatic rings. The van der Waals surface area contributed by atoms with Crippen molar-refractivity contribution in [2.24, 2.45) is 0 Å². The minimum absolute atomic E-state index is 0.936. The van der Waals surface area contributed by atoms with Gasteiger partial charge in [0.1, 0.15) is 5.82 Å². The summed E-state index contributed by atoms with van der Waals surface area (Å²) >= 11 is 0. The lowest BCUT2D eigenvalue weighted by molar-refractivity contribution is 1.10. The minimum Gasteiger partial charge on any atom is -0.309 e. The number of imidazole rings is 1. The fourth-order valence-corrected chi connectivity index (χ4v) is 7.67. The van der Waals surface area contributed by atoms with Crippen molar-refractivity contribution in [1.29, 1.82) is 0 Å². The molecule has 0 spiro atoms. The number of para-hydroxylation sites is 5. The summed E-state index contributed by atoms with van der Waals surface area (Å²) < 4.78 is 4.62. The summed E-state index contributed by atoms with van der Waals surface area (Å²) in [6.07, 6.45) is 0. The van der Waals surface area contributed by atoms with Gasteiger partial charge < -0.3 is 4.57 Å². The molecule has 8 aromatic carbocycles. The summed E-state index contributed by atoms with van der Waals surface area (Å²) in [5.41, 5.74) is 12.7. The van der Waals surface area contributed by atoms with E-state index < -0.39 is 0 Å². The molecule has 0 fully saturated rings. The molecular weight excluding hydrogens is 607 g/mol. The average Bonchev–Trinajstić information content (AvgIpc) is 3.75. The van der Waals surface area contributed by atoms with Crippen LogP contribution in [0.2, 0.25) is 0 Å². The van der Waals surface area contributed by atoms with E-state index in [1.54, 1.807) is 0 Å². The maximum absolute atomic E-state index is 5.09. The zero-order valence-electron chi connectivity index (χ0n) is 27.2. The van der Waals surface area contributed by atoms with Crippen molar-refractivity contribution in [3.63, 3.8) is 0 Å². The first-order valence-electron chi connectivity index (χ1n) is 17.1. The van der Waals surface area contributed by atoms with Crippen LogP contribution in [0.25, 0.3) is 88.6 Å².